The van der Waals surface area contributed by atoms with Crippen LogP contribution in [0.15, 0.2) is 47.4 Å². The first-order valence-electron chi connectivity index (χ1n) is 10.5. The molecule has 4 aliphatic carbocycles. The zero-order chi connectivity index (χ0) is 19.5. The van der Waals surface area contributed by atoms with E-state index in [1.807, 2.05) is 32.0 Å². The molecule has 0 radical (unpaired) electrons. The fourth-order valence-electron chi connectivity index (χ4n) is 6.58. The van der Waals surface area contributed by atoms with Crippen LogP contribution in [0.2, 0.25) is 0 Å². The Morgan fingerprint density at radius 1 is 0.857 bits per heavy atom. The summed E-state index contributed by atoms with van der Waals surface area (Å²) in [6, 6.07) is 13.5. The SMILES string of the molecule is Cc1ccc(NS(=O)(=O)c2ccc(C34CC5CC(CC(C5)C3)C4)cc2)c(C)c1. The third-order valence-corrected chi connectivity index (χ3v) is 8.82. The number of anilines is 1. The van der Waals surface area contributed by atoms with Crippen LogP contribution >= 0.6 is 0 Å². The second-order valence-electron chi connectivity index (χ2n) is 9.65. The van der Waals surface area contributed by atoms with Gasteiger partial charge in [0.05, 0.1) is 10.6 Å². The fraction of sp³-hybridized carbons (Fsp3) is 0.500. The molecule has 4 fully saturated rings. The van der Waals surface area contributed by atoms with Gasteiger partial charge in [0.25, 0.3) is 10.0 Å². The van der Waals surface area contributed by atoms with E-state index in [4.69, 9.17) is 0 Å². The summed E-state index contributed by atoms with van der Waals surface area (Å²) in [5.41, 5.74) is 4.37. The van der Waals surface area contributed by atoms with Crippen molar-refractivity contribution in [2.75, 3.05) is 4.72 Å². The van der Waals surface area contributed by atoms with Crippen molar-refractivity contribution in [2.45, 2.75) is 62.7 Å². The van der Waals surface area contributed by atoms with Crippen molar-refractivity contribution < 1.29 is 8.42 Å². The van der Waals surface area contributed by atoms with Crippen LogP contribution in [0.4, 0.5) is 5.69 Å². The van der Waals surface area contributed by atoms with E-state index >= 15 is 0 Å². The highest BCUT2D eigenvalue weighted by atomic mass is 32.2. The highest BCUT2D eigenvalue weighted by Gasteiger charge is 2.51. The molecule has 1 N–H and O–H groups in total. The van der Waals surface area contributed by atoms with E-state index in [2.05, 4.69) is 16.9 Å². The second kappa shape index (κ2) is 6.35. The molecule has 0 amide bonds. The molecule has 4 saturated carbocycles. The highest BCUT2D eigenvalue weighted by Crippen LogP contribution is 2.60. The average molecular weight is 396 g/mol. The molecular weight excluding hydrogens is 366 g/mol. The van der Waals surface area contributed by atoms with Crippen LogP contribution in [-0.2, 0) is 15.4 Å². The molecule has 0 aromatic heterocycles. The lowest BCUT2D eigenvalue weighted by Crippen LogP contribution is -2.48. The smallest absolute Gasteiger partial charge is 0.261 e. The van der Waals surface area contributed by atoms with Gasteiger partial charge in [-0.2, -0.15) is 0 Å². The fourth-order valence-corrected chi connectivity index (χ4v) is 7.71. The molecule has 0 saturated heterocycles. The van der Waals surface area contributed by atoms with Gasteiger partial charge in [-0.15, -0.1) is 0 Å². The van der Waals surface area contributed by atoms with Crippen LogP contribution in [0, 0.1) is 31.6 Å². The highest BCUT2D eigenvalue weighted by molar-refractivity contribution is 7.92. The van der Waals surface area contributed by atoms with Gasteiger partial charge in [-0.05, 0) is 105 Å². The van der Waals surface area contributed by atoms with Crippen LogP contribution in [0.25, 0.3) is 0 Å². The van der Waals surface area contributed by atoms with Crippen molar-refractivity contribution in [3.8, 4) is 0 Å². The van der Waals surface area contributed by atoms with Crippen LogP contribution in [-0.4, -0.2) is 8.42 Å². The molecule has 6 rings (SSSR count). The van der Waals surface area contributed by atoms with E-state index < -0.39 is 10.0 Å². The predicted octanol–water partition coefficient (Wildman–Crippen LogP) is 5.57. The molecule has 4 heteroatoms. The summed E-state index contributed by atoms with van der Waals surface area (Å²) in [7, 11) is -3.57. The van der Waals surface area contributed by atoms with E-state index in [1.165, 1.54) is 44.1 Å². The summed E-state index contributed by atoms with van der Waals surface area (Å²) in [5, 5.41) is 0. The van der Waals surface area contributed by atoms with Gasteiger partial charge < -0.3 is 0 Å². The van der Waals surface area contributed by atoms with E-state index in [1.54, 1.807) is 12.1 Å². The summed E-state index contributed by atoms with van der Waals surface area (Å²) >= 11 is 0. The van der Waals surface area contributed by atoms with Crippen molar-refractivity contribution in [1.82, 2.24) is 0 Å². The maximum atomic E-state index is 12.9. The van der Waals surface area contributed by atoms with E-state index in [0.29, 0.717) is 16.0 Å². The van der Waals surface area contributed by atoms with Gasteiger partial charge in [-0.1, -0.05) is 29.8 Å². The van der Waals surface area contributed by atoms with Crippen molar-refractivity contribution in [3.05, 3.63) is 59.2 Å². The number of aryl methyl sites for hydroxylation is 2. The topological polar surface area (TPSA) is 46.2 Å². The minimum atomic E-state index is -3.57. The maximum Gasteiger partial charge on any atom is 0.261 e. The predicted molar refractivity (Wildman–Crippen MR) is 113 cm³/mol. The number of sulfonamides is 1. The summed E-state index contributed by atoms with van der Waals surface area (Å²) in [6.45, 7) is 3.94. The lowest BCUT2D eigenvalue weighted by molar-refractivity contribution is -0.00521. The van der Waals surface area contributed by atoms with Crippen LogP contribution < -0.4 is 4.72 Å². The van der Waals surface area contributed by atoms with Crippen molar-refractivity contribution >= 4 is 15.7 Å². The van der Waals surface area contributed by atoms with Crippen molar-refractivity contribution in [3.63, 3.8) is 0 Å². The minimum Gasteiger partial charge on any atom is -0.279 e. The minimum absolute atomic E-state index is 0.304. The van der Waals surface area contributed by atoms with Gasteiger partial charge in [-0.3, -0.25) is 4.72 Å². The molecule has 0 atom stereocenters. The number of hydrogen-bond acceptors (Lipinski definition) is 2. The summed E-state index contributed by atoms with van der Waals surface area (Å²) in [4.78, 5) is 0.348. The standard InChI is InChI=1S/C24H29NO2S/c1-16-3-8-23(17(2)9-16)25-28(26,27)22-6-4-21(5-7-22)24-13-18-10-19(14-24)12-20(11-18)15-24/h3-9,18-20,25H,10-15H2,1-2H3. The van der Waals surface area contributed by atoms with E-state index in [0.717, 1.165) is 28.9 Å². The molecule has 2 aromatic carbocycles. The third-order valence-electron chi connectivity index (χ3n) is 7.44. The largest absolute Gasteiger partial charge is 0.279 e. The molecule has 28 heavy (non-hydrogen) atoms. The third kappa shape index (κ3) is 3.06. The zero-order valence-electron chi connectivity index (χ0n) is 16.7. The molecule has 2 aromatic rings. The summed E-state index contributed by atoms with van der Waals surface area (Å²) in [5.74, 6) is 2.67. The number of benzene rings is 2. The molecule has 4 bridgehead atoms. The summed E-state index contributed by atoms with van der Waals surface area (Å²) in [6.07, 6.45) is 8.16. The lowest BCUT2D eigenvalue weighted by atomic mass is 9.48. The molecule has 3 nitrogen and oxygen atoms in total. The van der Waals surface area contributed by atoms with E-state index in [-0.39, 0.29) is 0 Å². The summed E-state index contributed by atoms with van der Waals surface area (Å²) < 4.78 is 28.5. The zero-order valence-corrected chi connectivity index (χ0v) is 17.6. The first-order valence-corrected chi connectivity index (χ1v) is 12.0. The molecule has 0 heterocycles. The quantitative estimate of drug-likeness (QED) is 0.735. The van der Waals surface area contributed by atoms with Gasteiger partial charge >= 0.3 is 0 Å². The van der Waals surface area contributed by atoms with Crippen molar-refractivity contribution in [2.24, 2.45) is 17.8 Å². The van der Waals surface area contributed by atoms with Crippen molar-refractivity contribution in [1.29, 1.82) is 0 Å². The monoisotopic (exact) mass is 395 g/mol. The molecule has 148 valence electrons. The molecule has 0 unspecified atom stereocenters. The first-order chi connectivity index (χ1) is 13.3. The van der Waals surface area contributed by atoms with Gasteiger partial charge in [0.1, 0.15) is 0 Å². The average Bonchev–Trinajstić information content (AvgIpc) is 2.63. The number of rotatable bonds is 4. The lowest BCUT2D eigenvalue weighted by Gasteiger charge is -2.57. The van der Waals surface area contributed by atoms with Gasteiger partial charge in [-0.25, -0.2) is 8.42 Å². The maximum absolute atomic E-state index is 12.9. The Hall–Kier alpha value is -1.81. The van der Waals surface area contributed by atoms with E-state index in [9.17, 15) is 8.42 Å². The Morgan fingerprint density at radius 3 is 1.96 bits per heavy atom. The number of hydrogen-bond donors (Lipinski definition) is 1. The first kappa shape index (κ1) is 18.2. The Kier molecular flexibility index (Phi) is 4.13. The normalized spacial score (nSPS) is 31.1. The van der Waals surface area contributed by atoms with Gasteiger partial charge in [0.2, 0.25) is 0 Å². The molecule has 0 aliphatic heterocycles. The number of nitrogens with one attached hydrogen (secondary N) is 1. The van der Waals surface area contributed by atoms with Crippen LogP contribution in [0.3, 0.4) is 0 Å². The second-order valence-corrected chi connectivity index (χ2v) is 11.3. The Bertz CT molecular complexity index is 972. The molecule has 0 spiro atoms. The Balaban J connectivity index is 1.40. The molecule has 4 aliphatic rings. The van der Waals surface area contributed by atoms with Crippen LogP contribution in [0.5, 0.6) is 0 Å². The molecular formula is C24H29NO2S. The Labute approximate surface area is 168 Å². The van der Waals surface area contributed by atoms with Crippen LogP contribution in [0.1, 0.15) is 55.2 Å². The van der Waals surface area contributed by atoms with Gasteiger partial charge in [0, 0.05) is 0 Å². The Morgan fingerprint density at radius 2 is 1.43 bits per heavy atom. The van der Waals surface area contributed by atoms with Gasteiger partial charge in [0.15, 0.2) is 0 Å².